The lowest BCUT2D eigenvalue weighted by molar-refractivity contribution is -0.778. The Labute approximate surface area is 65.4 Å². The molecule has 0 spiro atoms. The van der Waals surface area contributed by atoms with Gasteiger partial charge in [-0.1, -0.05) is 0 Å². The molecule has 3 rings (SSSR count). The predicted molar refractivity (Wildman–Crippen MR) is 42.7 cm³/mol. The van der Waals surface area contributed by atoms with E-state index in [1.165, 1.54) is 17.2 Å². The SMILES string of the molecule is C[N+]12C3=CC=C1NC=C2C=C3. The maximum Gasteiger partial charge on any atom is 0.215 e. The van der Waals surface area contributed by atoms with Gasteiger partial charge in [0.2, 0.25) is 5.82 Å². The summed E-state index contributed by atoms with van der Waals surface area (Å²) >= 11 is 0. The summed E-state index contributed by atoms with van der Waals surface area (Å²) in [5.41, 5.74) is 2.69. The van der Waals surface area contributed by atoms with Gasteiger partial charge in [0.15, 0.2) is 5.70 Å². The van der Waals surface area contributed by atoms with Crippen molar-refractivity contribution in [1.29, 1.82) is 0 Å². The molecule has 54 valence electrons. The van der Waals surface area contributed by atoms with Gasteiger partial charge in [-0.15, -0.1) is 0 Å². The zero-order chi connectivity index (χ0) is 7.47. The lowest BCUT2D eigenvalue weighted by atomic mass is 10.4. The second-order valence-electron chi connectivity index (χ2n) is 3.20. The smallest absolute Gasteiger partial charge is 0.215 e. The number of nitrogens with zero attached hydrogens (tertiary/aromatic N) is 1. The summed E-state index contributed by atoms with van der Waals surface area (Å²) in [5.74, 6) is 1.26. The minimum absolute atomic E-state index is 0.861. The Morgan fingerprint density at radius 1 is 1.18 bits per heavy atom. The van der Waals surface area contributed by atoms with Crippen molar-refractivity contribution in [1.82, 2.24) is 5.32 Å². The van der Waals surface area contributed by atoms with Gasteiger partial charge in [0.05, 0.1) is 13.2 Å². The topological polar surface area (TPSA) is 12.0 Å². The van der Waals surface area contributed by atoms with Crippen molar-refractivity contribution in [3.05, 3.63) is 47.7 Å². The lowest BCUT2D eigenvalue weighted by Gasteiger charge is -2.23. The molecular formula is C9H9N2+. The van der Waals surface area contributed by atoms with Crippen LogP contribution in [0.1, 0.15) is 0 Å². The number of quaternary nitrogens is 1. The predicted octanol–water partition coefficient (Wildman–Crippen LogP) is 1.19. The molecule has 1 unspecified atom stereocenters. The van der Waals surface area contributed by atoms with Gasteiger partial charge in [0.1, 0.15) is 5.70 Å². The van der Waals surface area contributed by atoms with E-state index in [0.717, 1.165) is 4.48 Å². The zero-order valence-corrected chi connectivity index (χ0v) is 6.33. The highest BCUT2D eigenvalue weighted by molar-refractivity contribution is 5.42. The van der Waals surface area contributed by atoms with Crippen molar-refractivity contribution < 1.29 is 4.48 Å². The van der Waals surface area contributed by atoms with Gasteiger partial charge in [-0.05, 0) is 0 Å². The fraction of sp³-hybridized carbons (Fsp3) is 0.111. The van der Waals surface area contributed by atoms with E-state index < -0.39 is 0 Å². The average Bonchev–Trinajstić information content (AvgIpc) is 2.53. The summed E-state index contributed by atoms with van der Waals surface area (Å²) in [6.45, 7) is 0. The molecule has 1 atom stereocenters. The Hall–Kier alpha value is -1.28. The Bertz CT molecular complexity index is 358. The second kappa shape index (κ2) is 1.34. The molecule has 0 saturated heterocycles. The molecule has 0 bridgehead atoms. The molecule has 0 amide bonds. The molecule has 0 saturated carbocycles. The molecule has 2 nitrogen and oxygen atoms in total. The molecule has 0 aromatic rings. The average molecular weight is 145 g/mol. The quantitative estimate of drug-likeness (QED) is 0.505. The number of nitrogens with one attached hydrogen (secondary N) is 1. The highest BCUT2D eigenvalue weighted by Gasteiger charge is 2.45. The zero-order valence-electron chi connectivity index (χ0n) is 6.33. The van der Waals surface area contributed by atoms with Crippen LogP contribution in [0.2, 0.25) is 0 Å². The van der Waals surface area contributed by atoms with E-state index in [1.807, 2.05) is 0 Å². The first-order chi connectivity index (χ1) is 5.32. The van der Waals surface area contributed by atoms with Crippen LogP contribution in [0.4, 0.5) is 0 Å². The number of hydrogen-bond acceptors (Lipinski definition) is 1. The van der Waals surface area contributed by atoms with Gasteiger partial charge in [0, 0.05) is 24.3 Å². The molecule has 11 heavy (non-hydrogen) atoms. The second-order valence-corrected chi connectivity index (χ2v) is 3.20. The molecule has 0 aromatic carbocycles. The van der Waals surface area contributed by atoms with Gasteiger partial charge in [-0.3, -0.25) is 0 Å². The van der Waals surface area contributed by atoms with Crippen LogP contribution in [-0.2, 0) is 0 Å². The molecule has 2 heteroatoms. The fourth-order valence-corrected chi connectivity index (χ4v) is 1.92. The minimum atomic E-state index is 0.861. The number of allylic oxidation sites excluding steroid dienone is 4. The van der Waals surface area contributed by atoms with Crippen LogP contribution < -0.4 is 5.32 Å². The van der Waals surface area contributed by atoms with Gasteiger partial charge >= 0.3 is 0 Å². The van der Waals surface area contributed by atoms with Crippen molar-refractivity contribution in [2.45, 2.75) is 0 Å². The first-order valence-electron chi connectivity index (χ1n) is 3.77. The first kappa shape index (κ1) is 5.38. The summed E-state index contributed by atoms with van der Waals surface area (Å²) in [7, 11) is 2.20. The Balaban J connectivity index is 2.36. The van der Waals surface area contributed by atoms with Crippen LogP contribution in [-0.4, -0.2) is 11.5 Å². The van der Waals surface area contributed by atoms with Crippen LogP contribution in [0.5, 0.6) is 0 Å². The Morgan fingerprint density at radius 3 is 2.91 bits per heavy atom. The summed E-state index contributed by atoms with van der Waals surface area (Å²) in [6.07, 6.45) is 10.7. The first-order valence-corrected chi connectivity index (χ1v) is 3.77. The van der Waals surface area contributed by atoms with Gasteiger partial charge in [0.25, 0.3) is 0 Å². The van der Waals surface area contributed by atoms with Crippen LogP contribution in [0.15, 0.2) is 47.7 Å². The number of hydrogen-bond donors (Lipinski definition) is 1. The van der Waals surface area contributed by atoms with Crippen molar-refractivity contribution in [3.63, 3.8) is 0 Å². The highest BCUT2D eigenvalue weighted by Crippen LogP contribution is 2.42. The van der Waals surface area contributed by atoms with Crippen LogP contribution in [0.3, 0.4) is 0 Å². The Morgan fingerprint density at radius 2 is 2.00 bits per heavy atom. The van der Waals surface area contributed by atoms with Crippen molar-refractivity contribution >= 4 is 0 Å². The van der Waals surface area contributed by atoms with Crippen LogP contribution in [0, 0.1) is 0 Å². The summed E-state index contributed by atoms with van der Waals surface area (Å²) in [5, 5.41) is 3.26. The molecule has 0 radical (unpaired) electrons. The van der Waals surface area contributed by atoms with Gasteiger partial charge in [-0.25, -0.2) is 4.48 Å². The molecule has 0 aliphatic carbocycles. The Kier molecular flexibility index (Phi) is 0.654. The third-order valence-electron chi connectivity index (χ3n) is 2.72. The molecule has 3 aliphatic heterocycles. The molecule has 1 N–H and O–H groups in total. The summed E-state index contributed by atoms with van der Waals surface area (Å²) in [4.78, 5) is 0. The van der Waals surface area contributed by atoms with E-state index >= 15 is 0 Å². The molecule has 0 fully saturated rings. The van der Waals surface area contributed by atoms with Crippen LogP contribution in [0.25, 0.3) is 0 Å². The fourth-order valence-electron chi connectivity index (χ4n) is 1.92. The van der Waals surface area contributed by atoms with Gasteiger partial charge in [-0.2, -0.15) is 0 Å². The van der Waals surface area contributed by atoms with Crippen LogP contribution >= 0.6 is 0 Å². The molecule has 3 heterocycles. The van der Waals surface area contributed by atoms with E-state index in [0.29, 0.717) is 0 Å². The third kappa shape index (κ3) is 0.391. The van der Waals surface area contributed by atoms with E-state index in [2.05, 4.69) is 42.9 Å². The van der Waals surface area contributed by atoms with E-state index in [-0.39, 0.29) is 0 Å². The normalized spacial score (nSPS) is 36.3. The largest absolute Gasteiger partial charge is 0.311 e. The van der Waals surface area contributed by atoms with E-state index in [1.54, 1.807) is 0 Å². The van der Waals surface area contributed by atoms with Crippen molar-refractivity contribution in [2.24, 2.45) is 0 Å². The van der Waals surface area contributed by atoms with Crippen molar-refractivity contribution in [3.8, 4) is 0 Å². The van der Waals surface area contributed by atoms with E-state index in [9.17, 15) is 0 Å². The maximum absolute atomic E-state index is 3.26. The van der Waals surface area contributed by atoms with E-state index in [4.69, 9.17) is 0 Å². The van der Waals surface area contributed by atoms with Crippen molar-refractivity contribution in [2.75, 3.05) is 7.05 Å². The standard InChI is InChI=1S/C9H9N2/c1-11-7-2-3-8(11)6-10-9(11)5-4-7/h2-6,10H,1H3/q+1. The molecule has 0 aromatic heterocycles. The summed E-state index contributed by atoms with van der Waals surface area (Å²) in [6, 6.07) is 0. The monoisotopic (exact) mass is 145 g/mol. The third-order valence-corrected chi connectivity index (χ3v) is 2.72. The number of rotatable bonds is 0. The van der Waals surface area contributed by atoms with Gasteiger partial charge < -0.3 is 5.32 Å². The maximum atomic E-state index is 3.26. The minimum Gasteiger partial charge on any atom is -0.311 e. The lowest BCUT2D eigenvalue weighted by Crippen LogP contribution is -2.34. The highest BCUT2D eigenvalue weighted by atomic mass is 15.5. The summed E-state index contributed by atoms with van der Waals surface area (Å²) < 4.78 is 0.861. The number of likely N-dealkylation sites (N-methyl/N-ethyl adjacent to an activating group) is 1. The molecular weight excluding hydrogens is 136 g/mol. The molecule has 3 aliphatic rings.